The van der Waals surface area contributed by atoms with Crippen molar-refractivity contribution in [2.75, 3.05) is 68.1 Å². The van der Waals surface area contributed by atoms with Crippen molar-refractivity contribution in [2.24, 2.45) is 0 Å². The first-order valence-corrected chi connectivity index (χ1v) is 13.5. The third-order valence-electron chi connectivity index (χ3n) is 7.15. The second-order valence-corrected chi connectivity index (χ2v) is 10.8. The quantitative estimate of drug-likeness (QED) is 0.443. The Hall–Kier alpha value is -3.49. The summed E-state index contributed by atoms with van der Waals surface area (Å²) in [4.78, 5) is 37.9. The Morgan fingerprint density at radius 3 is 2.60 bits per heavy atom. The number of benzene rings is 1. The van der Waals surface area contributed by atoms with Crippen molar-refractivity contribution in [1.29, 1.82) is 0 Å². The molecule has 3 aromatic rings. The third kappa shape index (κ3) is 5.83. The number of amides is 1. The van der Waals surface area contributed by atoms with Crippen LogP contribution in [0.3, 0.4) is 0 Å². The molecule has 1 amide bonds. The lowest BCUT2D eigenvalue weighted by molar-refractivity contribution is -0.138. The molecule has 2 aromatic heterocycles. The molecule has 0 saturated carbocycles. The van der Waals surface area contributed by atoms with Crippen molar-refractivity contribution in [3.05, 3.63) is 57.9 Å². The first-order valence-electron chi connectivity index (χ1n) is 12.7. The second kappa shape index (κ2) is 11.2. The molecule has 14 heteroatoms. The molecule has 5 rings (SSSR count). The van der Waals surface area contributed by atoms with Gasteiger partial charge >= 0.3 is 6.18 Å². The van der Waals surface area contributed by atoms with Crippen LogP contribution in [-0.4, -0.2) is 79.8 Å². The van der Waals surface area contributed by atoms with E-state index in [-0.39, 0.29) is 17.3 Å². The van der Waals surface area contributed by atoms with Gasteiger partial charge in [-0.2, -0.15) is 13.2 Å². The maximum Gasteiger partial charge on any atom is 0.417 e. The highest BCUT2D eigenvalue weighted by atomic mass is 32.1. The van der Waals surface area contributed by atoms with Crippen LogP contribution in [0.15, 0.2) is 35.4 Å². The molecule has 9 nitrogen and oxygen atoms in total. The van der Waals surface area contributed by atoms with Crippen molar-refractivity contribution < 1.29 is 27.1 Å². The number of carbonyl (C=O) groups excluding carboxylic acids is 1. The van der Waals surface area contributed by atoms with Gasteiger partial charge in [0.15, 0.2) is 5.13 Å². The van der Waals surface area contributed by atoms with Crippen LogP contribution in [0.2, 0.25) is 0 Å². The highest BCUT2D eigenvalue weighted by molar-refractivity contribution is 7.18. The summed E-state index contributed by atoms with van der Waals surface area (Å²) < 4.78 is 62.0. The van der Waals surface area contributed by atoms with Crippen molar-refractivity contribution in [3.8, 4) is 10.4 Å². The van der Waals surface area contributed by atoms with Gasteiger partial charge in [-0.3, -0.25) is 9.59 Å². The van der Waals surface area contributed by atoms with E-state index in [1.807, 2.05) is 23.8 Å². The summed E-state index contributed by atoms with van der Waals surface area (Å²) >= 11 is 1.28. The van der Waals surface area contributed by atoms with Gasteiger partial charge in [0, 0.05) is 62.8 Å². The molecule has 0 bridgehead atoms. The molecule has 214 valence electrons. The second-order valence-electron chi connectivity index (χ2n) is 9.81. The summed E-state index contributed by atoms with van der Waals surface area (Å²) in [6, 6.07) is 3.20. The number of alkyl halides is 3. The first-order chi connectivity index (χ1) is 19.0. The van der Waals surface area contributed by atoms with E-state index in [4.69, 9.17) is 4.74 Å². The van der Waals surface area contributed by atoms with Crippen LogP contribution < -0.4 is 20.7 Å². The van der Waals surface area contributed by atoms with Gasteiger partial charge in [-0.25, -0.2) is 9.37 Å². The topological polar surface area (TPSA) is 93.8 Å². The molecule has 1 atom stereocenters. The number of H-pyrrole nitrogens is 1. The number of hydrogen-bond donors (Lipinski definition) is 2. The number of anilines is 3. The molecule has 0 radical (unpaired) electrons. The highest BCUT2D eigenvalue weighted by Gasteiger charge is 2.36. The molecule has 1 aromatic carbocycles. The summed E-state index contributed by atoms with van der Waals surface area (Å²) in [6.07, 6.45) is -2.65. The van der Waals surface area contributed by atoms with Crippen molar-refractivity contribution in [3.63, 3.8) is 0 Å². The third-order valence-corrected chi connectivity index (χ3v) is 8.24. The van der Waals surface area contributed by atoms with Gasteiger partial charge in [0.2, 0.25) is 5.56 Å². The fraction of sp³-hybridized carbons (Fsp3) is 0.423. The molecule has 2 N–H and O–H groups in total. The van der Waals surface area contributed by atoms with E-state index in [1.54, 1.807) is 6.20 Å². The number of morpholine rings is 1. The molecule has 0 spiro atoms. The van der Waals surface area contributed by atoms with E-state index >= 15 is 4.39 Å². The molecule has 4 heterocycles. The summed E-state index contributed by atoms with van der Waals surface area (Å²) in [5.41, 5.74) is -2.42. The minimum absolute atomic E-state index is 0.119. The van der Waals surface area contributed by atoms with Crippen LogP contribution in [0.4, 0.5) is 34.1 Å². The number of rotatable bonds is 5. The molecule has 2 aliphatic rings. The lowest BCUT2D eigenvalue weighted by Crippen LogP contribution is -2.50. The Kier molecular flexibility index (Phi) is 7.84. The Balaban J connectivity index is 1.54. The molecular formula is C26H28F4N6O3S. The van der Waals surface area contributed by atoms with Crippen molar-refractivity contribution in [2.45, 2.75) is 19.1 Å². The Morgan fingerprint density at radius 1 is 1.15 bits per heavy atom. The number of carbonyl (C=O) groups is 1. The van der Waals surface area contributed by atoms with Crippen LogP contribution in [-0.2, 0) is 10.9 Å². The fourth-order valence-electron chi connectivity index (χ4n) is 4.75. The van der Waals surface area contributed by atoms with Gasteiger partial charge in [-0.05, 0) is 26.1 Å². The Labute approximate surface area is 231 Å². The molecule has 2 aliphatic heterocycles. The molecule has 2 fully saturated rings. The van der Waals surface area contributed by atoms with Gasteiger partial charge in [-0.15, -0.1) is 0 Å². The summed E-state index contributed by atoms with van der Waals surface area (Å²) in [5, 5.41) is 3.26. The van der Waals surface area contributed by atoms with Gasteiger partial charge in [0.1, 0.15) is 5.82 Å². The summed E-state index contributed by atoms with van der Waals surface area (Å²) in [7, 11) is 1.97. The standard InChI is InChI=1S/C26H28F4N6O3S/c1-15-14-36(4-3-34(15)2)21-11-19(27)16(22-13-32-25(40-22)35-5-7-39-8-6-35)9-20(21)33-24(38)17-12-31-23(37)10-18(17)26(28,29)30/h9-13,15H,3-8,14H2,1-2H3,(H,31,37)(H,33,38)/t15-/m0/s1. The summed E-state index contributed by atoms with van der Waals surface area (Å²) in [6.45, 7) is 6.15. The fourth-order valence-corrected chi connectivity index (χ4v) is 5.74. The molecule has 0 aliphatic carbocycles. The maximum absolute atomic E-state index is 15.6. The highest BCUT2D eigenvalue weighted by Crippen LogP contribution is 2.39. The SMILES string of the molecule is C[C@H]1CN(c2cc(F)c(-c3cnc(N4CCOCC4)s3)cc2NC(=O)c2c[nH]c(=O)cc2C(F)(F)F)CCN1C. The maximum atomic E-state index is 15.6. The number of nitrogens with zero attached hydrogens (tertiary/aromatic N) is 4. The van der Waals surface area contributed by atoms with E-state index in [1.165, 1.54) is 23.5 Å². The number of hydrogen-bond acceptors (Lipinski definition) is 8. The van der Waals surface area contributed by atoms with E-state index in [9.17, 15) is 22.8 Å². The number of aromatic amines is 1. The number of likely N-dealkylation sites (N-methyl/N-ethyl adjacent to an activating group) is 1. The molecule has 2 saturated heterocycles. The van der Waals surface area contributed by atoms with Gasteiger partial charge in [0.25, 0.3) is 5.91 Å². The predicted molar refractivity (Wildman–Crippen MR) is 145 cm³/mol. The van der Waals surface area contributed by atoms with Crippen LogP contribution in [0, 0.1) is 5.82 Å². The number of thiazole rings is 1. The minimum Gasteiger partial charge on any atom is -0.378 e. The number of pyridine rings is 1. The Morgan fingerprint density at radius 2 is 1.90 bits per heavy atom. The van der Waals surface area contributed by atoms with E-state index in [0.29, 0.717) is 67.7 Å². The number of ether oxygens (including phenoxy) is 1. The van der Waals surface area contributed by atoms with E-state index < -0.39 is 34.6 Å². The zero-order valence-electron chi connectivity index (χ0n) is 21.8. The van der Waals surface area contributed by atoms with Crippen LogP contribution in [0.5, 0.6) is 0 Å². The van der Waals surface area contributed by atoms with Crippen LogP contribution in [0.1, 0.15) is 22.8 Å². The average Bonchev–Trinajstić information content (AvgIpc) is 3.41. The van der Waals surface area contributed by atoms with Crippen LogP contribution in [0.25, 0.3) is 10.4 Å². The number of aromatic nitrogens is 2. The first kappa shape index (κ1) is 28.1. The zero-order chi connectivity index (χ0) is 28.6. The number of piperazine rings is 1. The zero-order valence-corrected chi connectivity index (χ0v) is 22.7. The molecule has 40 heavy (non-hydrogen) atoms. The smallest absolute Gasteiger partial charge is 0.378 e. The molecular weight excluding hydrogens is 552 g/mol. The van der Waals surface area contributed by atoms with Gasteiger partial charge in [0.05, 0.1) is 40.6 Å². The molecule has 0 unspecified atom stereocenters. The lowest BCUT2D eigenvalue weighted by Gasteiger charge is -2.39. The monoisotopic (exact) mass is 580 g/mol. The number of nitrogens with one attached hydrogen (secondary N) is 2. The largest absolute Gasteiger partial charge is 0.417 e. The van der Waals surface area contributed by atoms with E-state index in [0.717, 1.165) is 6.20 Å². The average molecular weight is 581 g/mol. The lowest BCUT2D eigenvalue weighted by atomic mass is 10.1. The van der Waals surface area contributed by atoms with Crippen LogP contribution >= 0.6 is 11.3 Å². The van der Waals surface area contributed by atoms with Crippen molar-refractivity contribution in [1.82, 2.24) is 14.9 Å². The van der Waals surface area contributed by atoms with E-state index in [2.05, 4.69) is 20.2 Å². The van der Waals surface area contributed by atoms with Gasteiger partial charge < -0.3 is 29.7 Å². The van der Waals surface area contributed by atoms with Gasteiger partial charge in [-0.1, -0.05) is 11.3 Å². The summed E-state index contributed by atoms with van der Waals surface area (Å²) in [5.74, 6) is -1.63. The predicted octanol–water partition coefficient (Wildman–Crippen LogP) is 3.89. The Bertz CT molecular complexity index is 1450. The normalized spacial score (nSPS) is 18.7. The van der Waals surface area contributed by atoms with Crippen molar-refractivity contribution >= 4 is 33.8 Å². The minimum atomic E-state index is -4.93. The number of halogens is 4.